The SMILES string of the molecule is COc1cccc(CN2CCCN(c3ccc(NC(=O)CC(C)(C)C)cc3)C2=O)c1. The topological polar surface area (TPSA) is 61.9 Å². The molecule has 3 amide bonds. The summed E-state index contributed by atoms with van der Waals surface area (Å²) in [6.45, 7) is 8.07. The molecule has 0 saturated carbocycles. The number of carbonyl (C=O) groups is 2. The van der Waals surface area contributed by atoms with Crippen molar-refractivity contribution in [3.8, 4) is 5.75 Å². The van der Waals surface area contributed by atoms with Crippen LogP contribution in [0.25, 0.3) is 0 Å². The summed E-state index contributed by atoms with van der Waals surface area (Å²) in [5.74, 6) is 0.784. The van der Waals surface area contributed by atoms with Gasteiger partial charge >= 0.3 is 6.03 Å². The second kappa shape index (κ2) is 9.20. The van der Waals surface area contributed by atoms with Gasteiger partial charge in [-0.3, -0.25) is 9.69 Å². The maximum absolute atomic E-state index is 13.1. The third-order valence-corrected chi connectivity index (χ3v) is 4.97. The molecule has 6 nitrogen and oxygen atoms in total. The molecule has 1 saturated heterocycles. The van der Waals surface area contributed by atoms with Gasteiger partial charge in [0.15, 0.2) is 0 Å². The first-order chi connectivity index (χ1) is 14.2. The van der Waals surface area contributed by atoms with Gasteiger partial charge in [-0.2, -0.15) is 0 Å². The van der Waals surface area contributed by atoms with Crippen LogP contribution in [0.1, 0.15) is 39.2 Å². The first-order valence-electron chi connectivity index (χ1n) is 10.3. The Morgan fingerprint density at radius 2 is 1.83 bits per heavy atom. The van der Waals surface area contributed by atoms with E-state index < -0.39 is 0 Å². The average molecular weight is 410 g/mol. The Kier molecular flexibility index (Phi) is 6.65. The smallest absolute Gasteiger partial charge is 0.324 e. The Bertz CT molecular complexity index is 887. The molecular weight excluding hydrogens is 378 g/mol. The molecule has 1 fully saturated rings. The molecule has 30 heavy (non-hydrogen) atoms. The van der Waals surface area contributed by atoms with Gasteiger partial charge < -0.3 is 15.0 Å². The Labute approximate surface area is 178 Å². The molecule has 160 valence electrons. The van der Waals surface area contributed by atoms with Crippen molar-refractivity contribution in [1.29, 1.82) is 0 Å². The number of hydrogen-bond donors (Lipinski definition) is 1. The zero-order valence-corrected chi connectivity index (χ0v) is 18.3. The van der Waals surface area contributed by atoms with Crippen molar-refractivity contribution < 1.29 is 14.3 Å². The first-order valence-corrected chi connectivity index (χ1v) is 10.3. The third-order valence-electron chi connectivity index (χ3n) is 4.97. The van der Waals surface area contributed by atoms with Crippen LogP contribution in [0.5, 0.6) is 5.75 Å². The molecule has 2 aromatic rings. The molecule has 1 aliphatic rings. The van der Waals surface area contributed by atoms with E-state index in [4.69, 9.17) is 4.74 Å². The summed E-state index contributed by atoms with van der Waals surface area (Å²) in [5.41, 5.74) is 2.56. The molecule has 0 radical (unpaired) electrons. The number of benzene rings is 2. The van der Waals surface area contributed by atoms with E-state index in [9.17, 15) is 9.59 Å². The van der Waals surface area contributed by atoms with E-state index in [0.717, 1.165) is 35.7 Å². The van der Waals surface area contributed by atoms with Gasteiger partial charge in [-0.05, 0) is 53.8 Å². The Morgan fingerprint density at radius 1 is 1.10 bits per heavy atom. The summed E-state index contributed by atoms with van der Waals surface area (Å²) in [7, 11) is 1.64. The van der Waals surface area contributed by atoms with Crippen molar-refractivity contribution in [2.24, 2.45) is 5.41 Å². The highest BCUT2D eigenvalue weighted by Crippen LogP contribution is 2.25. The fraction of sp³-hybridized carbons (Fsp3) is 0.417. The van der Waals surface area contributed by atoms with Crippen molar-refractivity contribution in [3.05, 3.63) is 54.1 Å². The highest BCUT2D eigenvalue weighted by Gasteiger charge is 2.27. The van der Waals surface area contributed by atoms with Crippen LogP contribution in [0.3, 0.4) is 0 Å². The lowest BCUT2D eigenvalue weighted by Gasteiger charge is -2.35. The zero-order valence-electron chi connectivity index (χ0n) is 18.3. The Morgan fingerprint density at radius 3 is 2.50 bits per heavy atom. The number of nitrogens with one attached hydrogen (secondary N) is 1. The number of anilines is 2. The summed E-state index contributed by atoms with van der Waals surface area (Å²) in [4.78, 5) is 28.8. The Hall–Kier alpha value is -3.02. The summed E-state index contributed by atoms with van der Waals surface area (Å²) >= 11 is 0. The normalized spacial score (nSPS) is 14.6. The van der Waals surface area contributed by atoms with Gasteiger partial charge in [0, 0.05) is 37.4 Å². The van der Waals surface area contributed by atoms with Crippen LogP contribution in [0.4, 0.5) is 16.2 Å². The quantitative estimate of drug-likeness (QED) is 0.738. The minimum absolute atomic E-state index is 0.00577. The molecule has 1 heterocycles. The number of hydrogen-bond acceptors (Lipinski definition) is 3. The van der Waals surface area contributed by atoms with Gasteiger partial charge in [0.2, 0.25) is 5.91 Å². The van der Waals surface area contributed by atoms with Gasteiger partial charge in [0.25, 0.3) is 0 Å². The predicted molar refractivity (Wildman–Crippen MR) is 120 cm³/mol. The first kappa shape index (κ1) is 21.7. The fourth-order valence-corrected chi connectivity index (χ4v) is 3.57. The van der Waals surface area contributed by atoms with Crippen LogP contribution in [-0.2, 0) is 11.3 Å². The minimum Gasteiger partial charge on any atom is -0.497 e. The largest absolute Gasteiger partial charge is 0.497 e. The molecule has 1 N–H and O–H groups in total. The van der Waals surface area contributed by atoms with Crippen LogP contribution < -0.4 is 15.0 Å². The lowest BCUT2D eigenvalue weighted by molar-refractivity contribution is -0.117. The standard InChI is InChI=1S/C24H31N3O3/c1-24(2,3)16-22(28)25-19-9-11-20(12-10-19)27-14-6-13-26(23(27)29)17-18-7-5-8-21(15-18)30-4/h5,7-12,15H,6,13-14,16-17H2,1-4H3,(H,25,28). The molecule has 0 spiro atoms. The van der Waals surface area contributed by atoms with E-state index in [1.807, 2.05) is 74.2 Å². The maximum atomic E-state index is 13.1. The maximum Gasteiger partial charge on any atom is 0.324 e. The molecule has 1 aliphatic heterocycles. The van der Waals surface area contributed by atoms with Crippen molar-refractivity contribution in [1.82, 2.24) is 4.90 Å². The lowest BCUT2D eigenvalue weighted by Crippen LogP contribution is -2.49. The monoisotopic (exact) mass is 409 g/mol. The van der Waals surface area contributed by atoms with Crippen LogP contribution in [0.2, 0.25) is 0 Å². The second-order valence-electron chi connectivity index (χ2n) is 8.89. The van der Waals surface area contributed by atoms with Crippen LogP contribution in [0, 0.1) is 5.41 Å². The van der Waals surface area contributed by atoms with E-state index in [1.54, 1.807) is 12.0 Å². The highest BCUT2D eigenvalue weighted by molar-refractivity contribution is 5.94. The predicted octanol–water partition coefficient (Wildman–Crippen LogP) is 4.90. The van der Waals surface area contributed by atoms with Crippen molar-refractivity contribution in [3.63, 3.8) is 0 Å². The van der Waals surface area contributed by atoms with E-state index in [1.165, 1.54) is 0 Å². The number of methoxy groups -OCH3 is 1. The molecular formula is C24H31N3O3. The number of carbonyl (C=O) groups excluding carboxylic acids is 2. The highest BCUT2D eigenvalue weighted by atomic mass is 16.5. The summed E-state index contributed by atoms with van der Waals surface area (Å²) in [6, 6.07) is 15.3. The lowest BCUT2D eigenvalue weighted by atomic mass is 9.92. The number of ether oxygens (including phenoxy) is 1. The molecule has 2 aromatic carbocycles. The van der Waals surface area contributed by atoms with Crippen molar-refractivity contribution in [2.75, 3.05) is 30.4 Å². The molecule has 0 unspecified atom stereocenters. The number of rotatable bonds is 6. The molecule has 0 atom stereocenters. The van der Waals surface area contributed by atoms with Gasteiger partial charge in [-0.15, -0.1) is 0 Å². The number of urea groups is 1. The third kappa shape index (κ3) is 5.75. The number of amides is 3. The summed E-state index contributed by atoms with van der Waals surface area (Å²) in [5, 5.41) is 2.93. The molecule has 0 bridgehead atoms. The van der Waals surface area contributed by atoms with E-state index in [0.29, 0.717) is 19.5 Å². The van der Waals surface area contributed by atoms with Crippen LogP contribution >= 0.6 is 0 Å². The fourth-order valence-electron chi connectivity index (χ4n) is 3.57. The molecule has 6 heteroatoms. The summed E-state index contributed by atoms with van der Waals surface area (Å²) < 4.78 is 5.28. The minimum atomic E-state index is -0.0591. The van der Waals surface area contributed by atoms with Crippen LogP contribution in [-0.4, -0.2) is 37.0 Å². The molecule has 0 aromatic heterocycles. The van der Waals surface area contributed by atoms with Gasteiger partial charge in [-0.25, -0.2) is 4.79 Å². The van der Waals surface area contributed by atoms with Gasteiger partial charge in [-0.1, -0.05) is 32.9 Å². The second-order valence-corrected chi connectivity index (χ2v) is 8.89. The number of nitrogens with zero attached hydrogens (tertiary/aromatic N) is 2. The van der Waals surface area contributed by atoms with Crippen LogP contribution in [0.15, 0.2) is 48.5 Å². The van der Waals surface area contributed by atoms with E-state index >= 15 is 0 Å². The van der Waals surface area contributed by atoms with E-state index in [2.05, 4.69) is 5.32 Å². The van der Waals surface area contributed by atoms with Gasteiger partial charge in [0.05, 0.1) is 7.11 Å². The Balaban J connectivity index is 1.65. The average Bonchev–Trinajstić information content (AvgIpc) is 2.69. The molecule has 0 aliphatic carbocycles. The summed E-state index contributed by atoms with van der Waals surface area (Å²) in [6.07, 6.45) is 1.36. The molecule has 3 rings (SSSR count). The zero-order chi connectivity index (χ0) is 21.7. The van der Waals surface area contributed by atoms with E-state index in [-0.39, 0.29) is 17.4 Å². The van der Waals surface area contributed by atoms with Crippen molar-refractivity contribution in [2.45, 2.75) is 40.2 Å². The van der Waals surface area contributed by atoms with Crippen molar-refractivity contribution >= 4 is 23.3 Å². The van der Waals surface area contributed by atoms with Gasteiger partial charge in [0.1, 0.15) is 5.75 Å².